The Balaban J connectivity index is 1.61. The molecule has 1 amide bonds. The molecule has 3 aromatic rings. The van der Waals surface area contributed by atoms with Crippen LogP contribution in [0.2, 0.25) is 0 Å². The normalized spacial score (nSPS) is 12.8. The topological polar surface area (TPSA) is 108 Å². The van der Waals surface area contributed by atoms with E-state index in [9.17, 15) is 4.79 Å². The fourth-order valence-electron chi connectivity index (χ4n) is 3.95. The number of anilines is 1. The van der Waals surface area contributed by atoms with Crippen LogP contribution in [0.3, 0.4) is 0 Å². The number of rotatable bonds is 7. The lowest BCUT2D eigenvalue weighted by Gasteiger charge is -2.19. The van der Waals surface area contributed by atoms with Crippen LogP contribution in [0, 0.1) is 13.8 Å². The summed E-state index contributed by atoms with van der Waals surface area (Å²) >= 11 is 0. The number of ether oxygens (including phenoxy) is 4. The van der Waals surface area contributed by atoms with Crippen molar-refractivity contribution in [3.63, 3.8) is 0 Å². The number of nitrogens with zero attached hydrogens (tertiary/aromatic N) is 3. The van der Waals surface area contributed by atoms with Crippen LogP contribution in [0.1, 0.15) is 34.2 Å². The van der Waals surface area contributed by atoms with E-state index in [-0.39, 0.29) is 11.9 Å². The molecule has 0 radical (unpaired) electrons. The molecule has 0 saturated heterocycles. The number of benzene rings is 2. The van der Waals surface area contributed by atoms with Gasteiger partial charge in [-0.25, -0.2) is 4.99 Å². The van der Waals surface area contributed by atoms with E-state index in [0.717, 1.165) is 23.5 Å². The summed E-state index contributed by atoms with van der Waals surface area (Å²) in [7, 11) is 3.07. The number of guanidine groups is 1. The number of nitrogens with one attached hydrogen (secondary N) is 2. The van der Waals surface area contributed by atoms with Crippen LogP contribution in [0.15, 0.2) is 41.4 Å². The monoisotopic (exact) mass is 493 g/mol. The van der Waals surface area contributed by atoms with Crippen LogP contribution < -0.4 is 29.6 Å². The van der Waals surface area contributed by atoms with Crippen molar-refractivity contribution in [2.24, 2.45) is 4.99 Å². The molecule has 0 atom stereocenters. The quantitative estimate of drug-likeness (QED) is 0.382. The van der Waals surface area contributed by atoms with Gasteiger partial charge in [0.1, 0.15) is 13.2 Å². The van der Waals surface area contributed by atoms with Gasteiger partial charge in [-0.05, 0) is 51.1 Å². The van der Waals surface area contributed by atoms with Gasteiger partial charge in [0.05, 0.1) is 26.5 Å². The van der Waals surface area contributed by atoms with E-state index in [1.807, 2.05) is 43.7 Å². The van der Waals surface area contributed by atoms with Crippen LogP contribution in [0.25, 0.3) is 0 Å². The van der Waals surface area contributed by atoms with Gasteiger partial charge in [0.25, 0.3) is 5.91 Å². The van der Waals surface area contributed by atoms with Crippen molar-refractivity contribution in [3.05, 3.63) is 58.9 Å². The summed E-state index contributed by atoms with van der Waals surface area (Å²) in [4.78, 5) is 17.9. The molecule has 1 aliphatic rings. The molecule has 10 heteroatoms. The van der Waals surface area contributed by atoms with Gasteiger partial charge in [0.15, 0.2) is 23.0 Å². The lowest BCUT2D eigenvalue weighted by Crippen LogP contribution is -2.36. The van der Waals surface area contributed by atoms with Crippen molar-refractivity contribution in [2.75, 3.05) is 32.8 Å². The van der Waals surface area contributed by atoms with Gasteiger partial charge < -0.3 is 24.3 Å². The minimum Gasteiger partial charge on any atom is -0.493 e. The van der Waals surface area contributed by atoms with Crippen LogP contribution in [-0.4, -0.2) is 49.1 Å². The zero-order valence-corrected chi connectivity index (χ0v) is 21.2. The largest absolute Gasteiger partial charge is 0.493 e. The summed E-state index contributed by atoms with van der Waals surface area (Å²) in [5.74, 6) is 2.25. The number of aryl methyl sites for hydroxylation is 2. The summed E-state index contributed by atoms with van der Waals surface area (Å²) < 4.78 is 23.9. The van der Waals surface area contributed by atoms with E-state index in [1.54, 1.807) is 25.3 Å². The van der Waals surface area contributed by atoms with Crippen molar-refractivity contribution in [1.29, 1.82) is 0 Å². The first-order chi connectivity index (χ1) is 17.4. The summed E-state index contributed by atoms with van der Waals surface area (Å²) in [6, 6.07) is 10.5. The SMILES string of the molecule is CCn1nc(C)c(CN=C(NC(=O)c2ccc(OC)c(OC)c2)Nc2ccc3c(c2)OCCO3)c1C. The Morgan fingerprint density at radius 2 is 1.81 bits per heavy atom. The van der Waals surface area contributed by atoms with E-state index in [0.29, 0.717) is 54.0 Å². The third-order valence-corrected chi connectivity index (χ3v) is 5.91. The first-order valence-electron chi connectivity index (χ1n) is 11.7. The van der Waals surface area contributed by atoms with E-state index in [2.05, 4.69) is 15.7 Å². The van der Waals surface area contributed by atoms with Gasteiger partial charge in [-0.1, -0.05) is 0 Å². The van der Waals surface area contributed by atoms with Crippen LogP contribution in [-0.2, 0) is 13.1 Å². The zero-order valence-electron chi connectivity index (χ0n) is 21.2. The number of carbonyl (C=O) groups is 1. The maximum Gasteiger partial charge on any atom is 0.258 e. The first kappa shape index (κ1) is 24.9. The average Bonchev–Trinajstić information content (AvgIpc) is 3.18. The van der Waals surface area contributed by atoms with Crippen molar-refractivity contribution < 1.29 is 23.7 Å². The maximum absolute atomic E-state index is 13.2. The van der Waals surface area contributed by atoms with Crippen LogP contribution in [0.5, 0.6) is 23.0 Å². The van der Waals surface area contributed by atoms with Gasteiger partial charge in [-0.15, -0.1) is 0 Å². The predicted molar refractivity (Wildman–Crippen MR) is 137 cm³/mol. The maximum atomic E-state index is 13.2. The molecule has 2 aromatic carbocycles. The van der Waals surface area contributed by atoms with Gasteiger partial charge in [0.2, 0.25) is 5.96 Å². The van der Waals surface area contributed by atoms with E-state index in [1.165, 1.54) is 7.11 Å². The number of hydrogen-bond acceptors (Lipinski definition) is 7. The van der Waals surface area contributed by atoms with E-state index >= 15 is 0 Å². The summed E-state index contributed by atoms with van der Waals surface area (Å²) in [6.07, 6.45) is 0. The lowest BCUT2D eigenvalue weighted by atomic mass is 10.2. The highest BCUT2D eigenvalue weighted by atomic mass is 16.6. The summed E-state index contributed by atoms with van der Waals surface area (Å²) in [5, 5.41) is 10.7. The molecule has 0 aliphatic carbocycles. The molecule has 2 heterocycles. The Hall–Kier alpha value is -4.21. The molecule has 0 saturated carbocycles. The first-order valence-corrected chi connectivity index (χ1v) is 11.7. The molecule has 2 N–H and O–H groups in total. The number of amides is 1. The second kappa shape index (κ2) is 11.0. The fourth-order valence-corrected chi connectivity index (χ4v) is 3.95. The van der Waals surface area contributed by atoms with E-state index < -0.39 is 0 Å². The minimum atomic E-state index is -0.350. The number of carbonyl (C=O) groups excluding carboxylic acids is 1. The highest BCUT2D eigenvalue weighted by Gasteiger charge is 2.17. The Morgan fingerprint density at radius 3 is 2.50 bits per heavy atom. The van der Waals surface area contributed by atoms with Crippen molar-refractivity contribution in [3.8, 4) is 23.0 Å². The Bertz CT molecular complexity index is 1280. The lowest BCUT2D eigenvalue weighted by molar-refractivity contribution is 0.0976. The van der Waals surface area contributed by atoms with Gasteiger partial charge >= 0.3 is 0 Å². The number of methoxy groups -OCH3 is 2. The molecule has 0 fully saturated rings. The molecule has 190 valence electrons. The Kier molecular flexibility index (Phi) is 7.62. The van der Waals surface area contributed by atoms with Gasteiger partial charge in [-0.2, -0.15) is 5.10 Å². The van der Waals surface area contributed by atoms with Crippen molar-refractivity contribution in [2.45, 2.75) is 33.9 Å². The Labute approximate surface area is 210 Å². The average molecular weight is 494 g/mol. The molecule has 10 nitrogen and oxygen atoms in total. The smallest absolute Gasteiger partial charge is 0.258 e. The molecule has 0 bridgehead atoms. The molecule has 0 unspecified atom stereocenters. The summed E-state index contributed by atoms with van der Waals surface area (Å²) in [5.41, 5.74) is 4.06. The van der Waals surface area contributed by atoms with E-state index in [4.69, 9.17) is 23.9 Å². The van der Waals surface area contributed by atoms with Gasteiger partial charge in [0, 0.05) is 35.1 Å². The van der Waals surface area contributed by atoms with Gasteiger partial charge in [-0.3, -0.25) is 14.8 Å². The summed E-state index contributed by atoms with van der Waals surface area (Å²) in [6.45, 7) is 8.13. The zero-order chi connectivity index (χ0) is 25.7. The third kappa shape index (κ3) is 5.37. The molecular weight excluding hydrogens is 462 g/mol. The Morgan fingerprint density at radius 1 is 1.06 bits per heavy atom. The highest BCUT2D eigenvalue weighted by Crippen LogP contribution is 2.32. The molecular formula is C26H31N5O5. The number of fused-ring (bicyclic) bond motifs is 1. The van der Waals surface area contributed by atoms with Crippen LogP contribution in [0.4, 0.5) is 5.69 Å². The van der Waals surface area contributed by atoms with Crippen LogP contribution >= 0.6 is 0 Å². The second-order valence-electron chi connectivity index (χ2n) is 8.14. The number of hydrogen-bond donors (Lipinski definition) is 2. The highest BCUT2D eigenvalue weighted by molar-refractivity contribution is 6.10. The molecule has 4 rings (SSSR count). The third-order valence-electron chi connectivity index (χ3n) is 5.91. The second-order valence-corrected chi connectivity index (χ2v) is 8.14. The molecule has 1 aromatic heterocycles. The standard InChI is InChI=1S/C26H31N5O5/c1-6-31-17(3)20(16(2)30-31)15-27-26(28-19-8-10-22-24(14-19)36-12-11-35-22)29-25(32)18-7-9-21(33-4)23(13-18)34-5/h7-10,13-14H,6,11-12,15H2,1-5H3,(H2,27,28,29,32). The van der Waals surface area contributed by atoms with Crippen molar-refractivity contribution >= 4 is 17.6 Å². The molecule has 36 heavy (non-hydrogen) atoms. The number of aromatic nitrogens is 2. The molecule has 0 spiro atoms. The van der Waals surface area contributed by atoms with Crippen molar-refractivity contribution in [1.82, 2.24) is 15.1 Å². The number of aliphatic imine (C=N–C) groups is 1. The minimum absolute atomic E-state index is 0.287. The molecule has 1 aliphatic heterocycles. The fraction of sp³-hybridized carbons (Fsp3) is 0.346. The predicted octanol–water partition coefficient (Wildman–Crippen LogP) is 3.71.